The van der Waals surface area contributed by atoms with E-state index in [0.717, 1.165) is 17.9 Å². The van der Waals surface area contributed by atoms with Gasteiger partial charge in [0.05, 0.1) is 6.04 Å². The lowest BCUT2D eigenvalue weighted by Gasteiger charge is -2.40. The van der Waals surface area contributed by atoms with Crippen molar-refractivity contribution >= 4 is 0 Å². The van der Waals surface area contributed by atoms with Crippen molar-refractivity contribution in [3.8, 4) is 0 Å². The third-order valence-electron chi connectivity index (χ3n) is 3.23. The molecule has 0 N–H and O–H groups in total. The van der Waals surface area contributed by atoms with Gasteiger partial charge in [0.2, 0.25) is 0 Å². The molecule has 0 saturated carbocycles. The summed E-state index contributed by atoms with van der Waals surface area (Å²) in [5.74, 6) is 0.778. The standard InChI is InChI=1S/C13H19F2N3/c1-13(2,3)12-16-6-9(7-17-12)8-18-5-4-10(18)11(14)15/h6-7,10-11H,4-5,8H2,1-3H3. The van der Waals surface area contributed by atoms with Crippen molar-refractivity contribution in [3.05, 3.63) is 23.8 Å². The molecular formula is C13H19F2N3. The molecule has 100 valence electrons. The van der Waals surface area contributed by atoms with E-state index in [1.165, 1.54) is 0 Å². The van der Waals surface area contributed by atoms with Crippen molar-refractivity contribution in [2.75, 3.05) is 6.54 Å². The van der Waals surface area contributed by atoms with Crippen LogP contribution in [0.25, 0.3) is 0 Å². The summed E-state index contributed by atoms with van der Waals surface area (Å²) < 4.78 is 25.2. The van der Waals surface area contributed by atoms with E-state index in [4.69, 9.17) is 0 Å². The Balaban J connectivity index is 1.99. The van der Waals surface area contributed by atoms with E-state index in [1.54, 1.807) is 17.3 Å². The Labute approximate surface area is 106 Å². The van der Waals surface area contributed by atoms with Crippen LogP contribution in [-0.4, -0.2) is 33.9 Å². The van der Waals surface area contributed by atoms with Gasteiger partial charge in [-0.2, -0.15) is 0 Å². The Morgan fingerprint density at radius 3 is 2.33 bits per heavy atom. The number of nitrogens with zero attached hydrogens (tertiary/aromatic N) is 3. The molecule has 1 aliphatic rings. The topological polar surface area (TPSA) is 29.0 Å². The van der Waals surface area contributed by atoms with Crippen molar-refractivity contribution in [2.24, 2.45) is 0 Å². The van der Waals surface area contributed by atoms with Gasteiger partial charge < -0.3 is 0 Å². The fraction of sp³-hybridized carbons (Fsp3) is 0.692. The molecule has 1 aliphatic heterocycles. The summed E-state index contributed by atoms with van der Waals surface area (Å²) in [6, 6.07) is -0.590. The predicted molar refractivity (Wildman–Crippen MR) is 65.6 cm³/mol. The maximum Gasteiger partial charge on any atom is 0.253 e. The van der Waals surface area contributed by atoms with Crippen LogP contribution in [0.2, 0.25) is 0 Å². The van der Waals surface area contributed by atoms with E-state index in [2.05, 4.69) is 9.97 Å². The lowest BCUT2D eigenvalue weighted by molar-refractivity contribution is -0.0389. The highest BCUT2D eigenvalue weighted by Crippen LogP contribution is 2.25. The number of hydrogen-bond donors (Lipinski definition) is 0. The first-order chi connectivity index (χ1) is 8.38. The van der Waals surface area contributed by atoms with Gasteiger partial charge in [-0.05, 0) is 6.42 Å². The normalized spacial score (nSPS) is 21.1. The molecule has 1 fully saturated rings. The van der Waals surface area contributed by atoms with Crippen molar-refractivity contribution in [2.45, 2.75) is 51.6 Å². The molecule has 0 aromatic carbocycles. The molecule has 2 heterocycles. The molecule has 18 heavy (non-hydrogen) atoms. The average Bonchev–Trinajstić information content (AvgIpc) is 2.23. The molecule has 3 nitrogen and oxygen atoms in total. The van der Waals surface area contributed by atoms with E-state index in [-0.39, 0.29) is 5.41 Å². The van der Waals surface area contributed by atoms with Gasteiger partial charge in [-0.25, -0.2) is 18.7 Å². The summed E-state index contributed by atoms with van der Waals surface area (Å²) in [6.07, 6.45) is 1.81. The molecule has 0 amide bonds. The Bertz CT molecular complexity index is 398. The summed E-state index contributed by atoms with van der Waals surface area (Å²) >= 11 is 0. The molecule has 1 saturated heterocycles. The first-order valence-electron chi connectivity index (χ1n) is 6.21. The van der Waals surface area contributed by atoms with Crippen LogP contribution >= 0.6 is 0 Å². The number of likely N-dealkylation sites (tertiary alicyclic amines) is 1. The maximum atomic E-state index is 12.6. The minimum absolute atomic E-state index is 0.0825. The van der Waals surface area contributed by atoms with Gasteiger partial charge in [-0.3, -0.25) is 4.90 Å². The molecule has 0 bridgehead atoms. The van der Waals surface area contributed by atoms with Crippen LogP contribution < -0.4 is 0 Å². The summed E-state index contributed by atoms with van der Waals surface area (Å²) in [5, 5.41) is 0. The Morgan fingerprint density at radius 1 is 1.33 bits per heavy atom. The zero-order valence-electron chi connectivity index (χ0n) is 11.0. The van der Waals surface area contributed by atoms with Crippen LogP contribution in [0.5, 0.6) is 0 Å². The number of halogens is 2. The molecule has 0 spiro atoms. The SMILES string of the molecule is CC(C)(C)c1ncc(CN2CCC2C(F)F)cn1. The zero-order chi connectivity index (χ0) is 13.3. The summed E-state index contributed by atoms with van der Waals surface area (Å²) in [4.78, 5) is 10.4. The second-order valence-corrected chi connectivity index (χ2v) is 5.83. The molecular weight excluding hydrogens is 236 g/mol. The summed E-state index contributed by atoms with van der Waals surface area (Å²) in [7, 11) is 0. The van der Waals surface area contributed by atoms with E-state index in [1.807, 2.05) is 20.8 Å². The fourth-order valence-corrected chi connectivity index (χ4v) is 2.00. The third-order valence-corrected chi connectivity index (χ3v) is 3.23. The molecule has 1 aromatic heterocycles. The Morgan fingerprint density at radius 2 is 1.94 bits per heavy atom. The van der Waals surface area contributed by atoms with E-state index >= 15 is 0 Å². The first kappa shape index (κ1) is 13.3. The van der Waals surface area contributed by atoms with Gasteiger partial charge in [-0.1, -0.05) is 20.8 Å². The van der Waals surface area contributed by atoms with Gasteiger partial charge in [-0.15, -0.1) is 0 Å². The van der Waals surface area contributed by atoms with Crippen molar-refractivity contribution < 1.29 is 8.78 Å². The Hall–Kier alpha value is -1.10. The predicted octanol–water partition coefficient (Wildman–Crippen LogP) is 2.61. The van der Waals surface area contributed by atoms with Gasteiger partial charge in [0, 0.05) is 36.5 Å². The zero-order valence-corrected chi connectivity index (χ0v) is 11.0. The first-order valence-corrected chi connectivity index (χ1v) is 6.21. The van der Waals surface area contributed by atoms with E-state index < -0.39 is 12.5 Å². The smallest absolute Gasteiger partial charge is 0.253 e. The highest BCUT2D eigenvalue weighted by molar-refractivity contribution is 5.10. The number of rotatable bonds is 3. The third kappa shape index (κ3) is 2.83. The molecule has 1 aromatic rings. The van der Waals surface area contributed by atoms with Crippen LogP contribution in [0.15, 0.2) is 12.4 Å². The molecule has 1 unspecified atom stereocenters. The highest BCUT2D eigenvalue weighted by atomic mass is 19.3. The van der Waals surface area contributed by atoms with Gasteiger partial charge in [0.15, 0.2) is 0 Å². The maximum absolute atomic E-state index is 12.6. The lowest BCUT2D eigenvalue weighted by atomic mass is 9.95. The number of aromatic nitrogens is 2. The van der Waals surface area contributed by atoms with Crippen LogP contribution in [-0.2, 0) is 12.0 Å². The van der Waals surface area contributed by atoms with Gasteiger partial charge in [0.25, 0.3) is 6.43 Å². The van der Waals surface area contributed by atoms with Crippen molar-refractivity contribution in [1.29, 1.82) is 0 Å². The molecule has 2 rings (SSSR count). The molecule has 0 radical (unpaired) electrons. The van der Waals surface area contributed by atoms with Crippen LogP contribution in [0, 0.1) is 0 Å². The van der Waals surface area contributed by atoms with Gasteiger partial charge >= 0.3 is 0 Å². The number of hydrogen-bond acceptors (Lipinski definition) is 3. The summed E-state index contributed by atoms with van der Waals surface area (Å²) in [6.45, 7) is 7.38. The quantitative estimate of drug-likeness (QED) is 0.831. The average molecular weight is 255 g/mol. The van der Waals surface area contributed by atoms with E-state index in [9.17, 15) is 8.78 Å². The van der Waals surface area contributed by atoms with Crippen LogP contribution in [0.3, 0.4) is 0 Å². The minimum Gasteiger partial charge on any atom is -0.290 e. The minimum atomic E-state index is -2.26. The molecule has 0 aliphatic carbocycles. The molecule has 1 atom stereocenters. The Kier molecular flexibility index (Phi) is 3.61. The summed E-state index contributed by atoms with van der Waals surface area (Å²) in [5.41, 5.74) is 0.814. The molecule has 5 heteroatoms. The van der Waals surface area contributed by atoms with Gasteiger partial charge in [0.1, 0.15) is 5.82 Å². The van der Waals surface area contributed by atoms with Crippen LogP contribution in [0.4, 0.5) is 8.78 Å². The fourth-order valence-electron chi connectivity index (χ4n) is 2.00. The van der Waals surface area contributed by atoms with Crippen molar-refractivity contribution in [3.63, 3.8) is 0 Å². The van der Waals surface area contributed by atoms with Crippen molar-refractivity contribution in [1.82, 2.24) is 14.9 Å². The largest absolute Gasteiger partial charge is 0.290 e. The second-order valence-electron chi connectivity index (χ2n) is 5.83. The van der Waals surface area contributed by atoms with E-state index in [0.29, 0.717) is 13.0 Å². The highest BCUT2D eigenvalue weighted by Gasteiger charge is 2.35. The second kappa shape index (κ2) is 4.88. The van der Waals surface area contributed by atoms with Crippen LogP contribution in [0.1, 0.15) is 38.6 Å². The lowest BCUT2D eigenvalue weighted by Crippen LogP contribution is -2.51. The monoisotopic (exact) mass is 255 g/mol. The number of alkyl halides is 2.